The minimum atomic E-state index is -0.255. The highest BCUT2D eigenvalue weighted by Gasteiger charge is 2.43. The third kappa shape index (κ3) is 4.82. The fraction of sp³-hybridized carbons (Fsp3) is 0.143. The molecule has 0 bridgehead atoms. The van der Waals surface area contributed by atoms with Crippen molar-refractivity contribution in [3.8, 4) is 34.0 Å². The van der Waals surface area contributed by atoms with Gasteiger partial charge in [-0.3, -0.25) is 0 Å². The zero-order valence-electron chi connectivity index (χ0n) is 30.1. The van der Waals surface area contributed by atoms with Gasteiger partial charge in [-0.15, -0.1) is 0 Å². The Morgan fingerprint density at radius 1 is 0.472 bits per heavy atom. The molecule has 1 aliphatic rings. The van der Waals surface area contributed by atoms with Crippen LogP contribution in [0, 0.1) is 0 Å². The minimum absolute atomic E-state index is 0.255. The van der Waals surface area contributed by atoms with Crippen LogP contribution in [0.2, 0.25) is 0 Å². The average molecular weight is 689 g/mol. The molecule has 9 aromatic rings. The monoisotopic (exact) mass is 688 g/mol. The fourth-order valence-electron chi connectivity index (χ4n) is 9.26. The molecule has 0 aliphatic heterocycles. The molecule has 0 radical (unpaired) electrons. The topological polar surface area (TPSA) is 28.3 Å². The number of aromatic nitrogens is 2. The van der Waals surface area contributed by atoms with Gasteiger partial charge in [0.1, 0.15) is 11.5 Å². The number of ether oxygens (including phenoxy) is 2. The number of rotatable bonds is 9. The molecule has 0 saturated carbocycles. The van der Waals surface area contributed by atoms with Gasteiger partial charge in [0.05, 0.1) is 35.8 Å². The SMILES string of the molecule is CCCC1(CCOc2ccc(OC)cc2)c2cc(-n3c4ccccc4c4ccccc43)ccc2-c2ccc(-n3c4ccccc4c4ccccc43)cc21. The van der Waals surface area contributed by atoms with Crippen LogP contribution in [0.25, 0.3) is 66.1 Å². The molecule has 10 rings (SSSR count). The summed E-state index contributed by atoms with van der Waals surface area (Å²) in [4.78, 5) is 0. The Labute approximate surface area is 309 Å². The Hall–Kier alpha value is -6.26. The Morgan fingerprint density at radius 2 is 0.887 bits per heavy atom. The van der Waals surface area contributed by atoms with Crippen LogP contribution < -0.4 is 9.47 Å². The summed E-state index contributed by atoms with van der Waals surface area (Å²) < 4.78 is 16.8. The fourth-order valence-corrected chi connectivity index (χ4v) is 9.26. The first-order valence-electron chi connectivity index (χ1n) is 18.7. The van der Waals surface area contributed by atoms with Crippen molar-refractivity contribution in [2.24, 2.45) is 0 Å². The first-order chi connectivity index (χ1) is 26.2. The largest absolute Gasteiger partial charge is 0.497 e. The number of methoxy groups -OCH3 is 1. The van der Waals surface area contributed by atoms with Gasteiger partial charge in [0.2, 0.25) is 0 Å². The minimum Gasteiger partial charge on any atom is -0.497 e. The first kappa shape index (κ1) is 31.5. The van der Waals surface area contributed by atoms with Crippen molar-refractivity contribution in [3.05, 3.63) is 169 Å². The predicted molar refractivity (Wildman–Crippen MR) is 219 cm³/mol. The Balaban J connectivity index is 1.17. The average Bonchev–Trinajstić information content (AvgIpc) is 3.82. The van der Waals surface area contributed by atoms with Gasteiger partial charge in [0.25, 0.3) is 0 Å². The van der Waals surface area contributed by atoms with Gasteiger partial charge in [-0.2, -0.15) is 0 Å². The lowest BCUT2D eigenvalue weighted by Gasteiger charge is -2.33. The smallest absolute Gasteiger partial charge is 0.119 e. The molecule has 258 valence electrons. The van der Waals surface area contributed by atoms with Crippen LogP contribution in [0.3, 0.4) is 0 Å². The molecule has 4 nitrogen and oxygen atoms in total. The van der Waals surface area contributed by atoms with Crippen molar-refractivity contribution in [2.45, 2.75) is 31.6 Å². The number of nitrogens with zero attached hydrogens (tertiary/aromatic N) is 2. The summed E-state index contributed by atoms with van der Waals surface area (Å²) in [5.74, 6) is 1.68. The molecular weight excluding hydrogens is 649 g/mol. The Kier molecular flexibility index (Phi) is 7.40. The molecule has 0 spiro atoms. The highest BCUT2D eigenvalue weighted by atomic mass is 16.5. The van der Waals surface area contributed by atoms with Crippen molar-refractivity contribution < 1.29 is 9.47 Å². The lowest BCUT2D eigenvalue weighted by atomic mass is 9.72. The van der Waals surface area contributed by atoms with Crippen molar-refractivity contribution >= 4 is 43.6 Å². The van der Waals surface area contributed by atoms with Crippen LogP contribution >= 0.6 is 0 Å². The van der Waals surface area contributed by atoms with Gasteiger partial charge in [-0.1, -0.05) is 98.3 Å². The van der Waals surface area contributed by atoms with E-state index in [0.29, 0.717) is 6.61 Å². The van der Waals surface area contributed by atoms with Crippen LogP contribution in [0.15, 0.2) is 158 Å². The quantitative estimate of drug-likeness (QED) is 0.151. The lowest BCUT2D eigenvalue weighted by Crippen LogP contribution is -2.28. The first-order valence-corrected chi connectivity index (χ1v) is 18.7. The third-order valence-corrected chi connectivity index (χ3v) is 11.5. The van der Waals surface area contributed by atoms with Crippen molar-refractivity contribution in [2.75, 3.05) is 13.7 Å². The second-order valence-electron chi connectivity index (χ2n) is 14.3. The lowest BCUT2D eigenvalue weighted by molar-refractivity contribution is 0.268. The van der Waals surface area contributed by atoms with Crippen LogP contribution in [-0.2, 0) is 5.41 Å². The van der Waals surface area contributed by atoms with E-state index in [1.165, 1.54) is 77.2 Å². The standard InChI is InChI=1S/C49H40N2O2/c1-3-28-49(29-30-53-36-24-22-35(52-2)23-25-36)43-31-33(50-45-16-8-4-12-39(45)40-13-5-9-17-46(40)50)20-26-37(43)38-27-21-34(32-44(38)49)51-47-18-10-6-14-41(47)42-15-7-11-19-48(42)51/h4-27,31-32H,3,28-30H2,1-2H3. The molecule has 4 heteroatoms. The maximum absolute atomic E-state index is 6.54. The van der Waals surface area contributed by atoms with Gasteiger partial charge in [0, 0.05) is 38.3 Å². The van der Waals surface area contributed by atoms with Gasteiger partial charge in [-0.05, 0) is 108 Å². The van der Waals surface area contributed by atoms with Crippen LogP contribution in [0.4, 0.5) is 0 Å². The normalized spacial score (nSPS) is 13.2. The molecule has 7 aromatic carbocycles. The highest BCUT2D eigenvalue weighted by molar-refractivity contribution is 6.10. The van der Waals surface area contributed by atoms with Crippen molar-refractivity contribution in [1.82, 2.24) is 9.13 Å². The third-order valence-electron chi connectivity index (χ3n) is 11.5. The summed E-state index contributed by atoms with van der Waals surface area (Å²) in [6.45, 7) is 2.90. The molecule has 53 heavy (non-hydrogen) atoms. The summed E-state index contributed by atoms with van der Waals surface area (Å²) in [7, 11) is 1.69. The zero-order chi connectivity index (χ0) is 35.5. The summed E-state index contributed by atoms with van der Waals surface area (Å²) in [5, 5.41) is 5.09. The molecule has 0 amide bonds. The molecule has 0 atom stereocenters. The van der Waals surface area contributed by atoms with Gasteiger partial charge < -0.3 is 18.6 Å². The molecular formula is C49H40N2O2. The summed E-state index contributed by atoms with van der Waals surface area (Å²) >= 11 is 0. The summed E-state index contributed by atoms with van der Waals surface area (Å²) in [6.07, 6.45) is 2.90. The van der Waals surface area contributed by atoms with Gasteiger partial charge in [-0.25, -0.2) is 0 Å². The molecule has 0 fully saturated rings. The van der Waals surface area contributed by atoms with E-state index >= 15 is 0 Å². The van der Waals surface area contributed by atoms with Gasteiger partial charge in [0.15, 0.2) is 0 Å². The Morgan fingerprint density at radius 3 is 1.30 bits per heavy atom. The molecule has 0 N–H and O–H groups in total. The molecule has 2 heterocycles. The van der Waals surface area contributed by atoms with Crippen LogP contribution in [-0.4, -0.2) is 22.9 Å². The number of benzene rings is 7. The summed E-state index contributed by atoms with van der Waals surface area (Å²) in [5.41, 5.74) is 12.4. The summed E-state index contributed by atoms with van der Waals surface area (Å²) in [6, 6.07) is 57.4. The predicted octanol–water partition coefficient (Wildman–Crippen LogP) is 12.4. The van der Waals surface area contributed by atoms with E-state index in [0.717, 1.165) is 30.8 Å². The molecule has 1 aliphatic carbocycles. The van der Waals surface area contributed by atoms with Gasteiger partial charge >= 0.3 is 0 Å². The number of para-hydroxylation sites is 4. The van der Waals surface area contributed by atoms with E-state index in [1.54, 1.807) is 7.11 Å². The van der Waals surface area contributed by atoms with E-state index in [2.05, 4.69) is 150 Å². The maximum atomic E-state index is 6.54. The second kappa shape index (κ2) is 12.5. The van der Waals surface area contributed by atoms with Crippen molar-refractivity contribution in [3.63, 3.8) is 0 Å². The van der Waals surface area contributed by atoms with E-state index in [1.807, 2.05) is 24.3 Å². The molecule has 0 unspecified atom stereocenters. The second-order valence-corrected chi connectivity index (χ2v) is 14.3. The van der Waals surface area contributed by atoms with E-state index in [9.17, 15) is 0 Å². The van der Waals surface area contributed by atoms with Crippen molar-refractivity contribution in [1.29, 1.82) is 0 Å². The number of fused-ring (bicyclic) bond motifs is 9. The maximum Gasteiger partial charge on any atom is 0.119 e. The van der Waals surface area contributed by atoms with E-state index in [4.69, 9.17) is 9.47 Å². The molecule has 2 aromatic heterocycles. The van der Waals surface area contributed by atoms with E-state index in [-0.39, 0.29) is 5.41 Å². The molecule has 0 saturated heterocycles. The van der Waals surface area contributed by atoms with Crippen LogP contribution in [0.5, 0.6) is 11.5 Å². The Bertz CT molecular complexity index is 2550. The van der Waals surface area contributed by atoms with E-state index < -0.39 is 0 Å². The highest BCUT2D eigenvalue weighted by Crippen LogP contribution is 2.55. The number of hydrogen-bond acceptors (Lipinski definition) is 2. The van der Waals surface area contributed by atoms with Crippen LogP contribution in [0.1, 0.15) is 37.3 Å². The number of hydrogen-bond donors (Lipinski definition) is 0. The zero-order valence-corrected chi connectivity index (χ0v) is 30.1.